The minimum Gasteiger partial charge on any atom is -0.106 e. The predicted octanol–water partition coefficient (Wildman–Crippen LogP) is 2.85. The van der Waals surface area contributed by atoms with Gasteiger partial charge < -0.3 is 0 Å². The zero-order valence-electron chi connectivity index (χ0n) is 7.27. The first kappa shape index (κ1) is 8.47. The van der Waals surface area contributed by atoms with Crippen LogP contribution >= 0.6 is 9.24 Å². The summed E-state index contributed by atoms with van der Waals surface area (Å²) in [6.45, 7) is 0. The van der Waals surface area contributed by atoms with Crippen LogP contribution in [0.25, 0.3) is 11.1 Å². The van der Waals surface area contributed by atoms with Crippen LogP contribution in [0.5, 0.6) is 0 Å². The van der Waals surface area contributed by atoms with E-state index in [2.05, 4.69) is 57.8 Å². The molecular formula is C12H11P. The maximum absolute atomic E-state index is 2.69. The molecule has 1 unspecified atom stereocenters. The van der Waals surface area contributed by atoms with E-state index in [4.69, 9.17) is 0 Å². The summed E-state index contributed by atoms with van der Waals surface area (Å²) in [5, 5.41) is 1.22. The lowest BCUT2D eigenvalue weighted by molar-refractivity contribution is 1.64. The molecule has 0 aliphatic heterocycles. The van der Waals surface area contributed by atoms with Gasteiger partial charge in [-0.2, -0.15) is 0 Å². The summed E-state index contributed by atoms with van der Waals surface area (Å²) in [6.07, 6.45) is 0. The summed E-state index contributed by atoms with van der Waals surface area (Å²) in [5.41, 5.74) is 2.54. The van der Waals surface area contributed by atoms with Crippen molar-refractivity contribution < 1.29 is 0 Å². The van der Waals surface area contributed by atoms with Crippen LogP contribution in [0.3, 0.4) is 0 Å². The van der Waals surface area contributed by atoms with Gasteiger partial charge in [0.05, 0.1) is 0 Å². The Hall–Kier alpha value is -1.13. The molecule has 0 bridgehead atoms. The smallest absolute Gasteiger partial charge is 0.0184 e. The van der Waals surface area contributed by atoms with Gasteiger partial charge in [-0.25, -0.2) is 0 Å². The van der Waals surface area contributed by atoms with Gasteiger partial charge in [-0.1, -0.05) is 54.6 Å². The van der Waals surface area contributed by atoms with Crippen LogP contribution in [0.4, 0.5) is 0 Å². The zero-order chi connectivity index (χ0) is 9.10. The average Bonchev–Trinajstić information content (AvgIpc) is 2.20. The Morgan fingerprint density at radius 3 is 1.77 bits per heavy atom. The highest BCUT2D eigenvalue weighted by Gasteiger charge is 1.93. The molecule has 0 saturated carbocycles. The second kappa shape index (κ2) is 3.72. The van der Waals surface area contributed by atoms with E-state index >= 15 is 0 Å². The second-order valence-corrected chi connectivity index (χ2v) is 3.65. The standard InChI is InChI=1S/C12H11P/c13-12-8-6-11(7-9-12)10-4-2-1-3-5-10/h1-9H,13H2. The molecule has 0 spiro atoms. The van der Waals surface area contributed by atoms with Gasteiger partial charge in [0, 0.05) is 0 Å². The number of rotatable bonds is 1. The molecule has 0 amide bonds. The Kier molecular flexibility index (Phi) is 2.42. The van der Waals surface area contributed by atoms with Gasteiger partial charge in [0.25, 0.3) is 0 Å². The third-order valence-electron chi connectivity index (χ3n) is 2.02. The summed E-state index contributed by atoms with van der Waals surface area (Å²) in [7, 11) is 2.69. The topological polar surface area (TPSA) is 0 Å². The SMILES string of the molecule is Pc1ccc(-c2ccccc2)cc1. The van der Waals surface area contributed by atoms with Crippen LogP contribution in [0.15, 0.2) is 54.6 Å². The molecule has 0 heterocycles. The lowest BCUT2D eigenvalue weighted by atomic mass is 10.1. The van der Waals surface area contributed by atoms with Crippen molar-refractivity contribution >= 4 is 14.5 Å². The van der Waals surface area contributed by atoms with Crippen molar-refractivity contribution in [2.24, 2.45) is 0 Å². The Morgan fingerprint density at radius 1 is 0.615 bits per heavy atom. The van der Waals surface area contributed by atoms with Gasteiger partial charge in [0.2, 0.25) is 0 Å². The van der Waals surface area contributed by atoms with Crippen LogP contribution in [0.2, 0.25) is 0 Å². The Labute approximate surface area is 80.8 Å². The molecule has 1 heteroatoms. The van der Waals surface area contributed by atoms with Crippen molar-refractivity contribution in [3.8, 4) is 11.1 Å². The largest absolute Gasteiger partial charge is 0.106 e. The third kappa shape index (κ3) is 1.96. The van der Waals surface area contributed by atoms with Gasteiger partial charge in [0.15, 0.2) is 0 Å². The van der Waals surface area contributed by atoms with Gasteiger partial charge in [-0.3, -0.25) is 0 Å². The van der Waals surface area contributed by atoms with Gasteiger partial charge in [-0.15, -0.1) is 9.24 Å². The minimum atomic E-state index is 1.22. The average molecular weight is 186 g/mol. The minimum absolute atomic E-state index is 1.22. The molecule has 0 nitrogen and oxygen atoms in total. The molecule has 0 saturated heterocycles. The normalized spacial score (nSPS) is 9.92. The van der Waals surface area contributed by atoms with Gasteiger partial charge >= 0.3 is 0 Å². The van der Waals surface area contributed by atoms with E-state index in [1.54, 1.807) is 0 Å². The van der Waals surface area contributed by atoms with E-state index in [-0.39, 0.29) is 0 Å². The van der Waals surface area contributed by atoms with E-state index in [1.165, 1.54) is 16.4 Å². The Bertz CT molecular complexity index is 376. The van der Waals surface area contributed by atoms with Crippen molar-refractivity contribution in [3.63, 3.8) is 0 Å². The monoisotopic (exact) mass is 186 g/mol. The highest BCUT2D eigenvalue weighted by atomic mass is 31.0. The molecule has 2 aromatic rings. The third-order valence-corrected chi connectivity index (χ3v) is 2.40. The lowest BCUT2D eigenvalue weighted by Gasteiger charge is -2.00. The molecule has 0 aliphatic rings. The van der Waals surface area contributed by atoms with Gasteiger partial charge in [-0.05, 0) is 16.4 Å². The number of hydrogen-bond acceptors (Lipinski definition) is 0. The molecule has 2 aromatic carbocycles. The lowest BCUT2D eigenvalue weighted by Crippen LogP contribution is -1.87. The summed E-state index contributed by atoms with van der Waals surface area (Å²) >= 11 is 0. The van der Waals surface area contributed by atoms with Crippen molar-refractivity contribution in [2.45, 2.75) is 0 Å². The summed E-state index contributed by atoms with van der Waals surface area (Å²) in [6, 6.07) is 18.9. The summed E-state index contributed by atoms with van der Waals surface area (Å²) < 4.78 is 0. The quantitative estimate of drug-likeness (QED) is 0.601. The number of benzene rings is 2. The van der Waals surface area contributed by atoms with Gasteiger partial charge in [0.1, 0.15) is 0 Å². The van der Waals surface area contributed by atoms with Crippen LogP contribution < -0.4 is 5.30 Å². The van der Waals surface area contributed by atoms with E-state index in [9.17, 15) is 0 Å². The van der Waals surface area contributed by atoms with Crippen LogP contribution in [0.1, 0.15) is 0 Å². The highest BCUT2D eigenvalue weighted by Crippen LogP contribution is 2.17. The Balaban J connectivity index is 2.42. The fraction of sp³-hybridized carbons (Fsp3) is 0. The molecule has 1 atom stereocenters. The molecule has 0 radical (unpaired) electrons. The molecule has 13 heavy (non-hydrogen) atoms. The van der Waals surface area contributed by atoms with Crippen molar-refractivity contribution in [3.05, 3.63) is 54.6 Å². The Morgan fingerprint density at radius 2 is 1.15 bits per heavy atom. The van der Waals surface area contributed by atoms with Crippen molar-refractivity contribution in [1.82, 2.24) is 0 Å². The maximum Gasteiger partial charge on any atom is -0.0184 e. The van der Waals surface area contributed by atoms with Crippen LogP contribution in [-0.4, -0.2) is 0 Å². The van der Waals surface area contributed by atoms with E-state index in [1.807, 2.05) is 6.07 Å². The molecule has 64 valence electrons. The fourth-order valence-electron chi connectivity index (χ4n) is 1.31. The first-order chi connectivity index (χ1) is 6.36. The molecule has 0 N–H and O–H groups in total. The predicted molar refractivity (Wildman–Crippen MR) is 61.2 cm³/mol. The maximum atomic E-state index is 2.69. The summed E-state index contributed by atoms with van der Waals surface area (Å²) in [5.74, 6) is 0. The highest BCUT2D eigenvalue weighted by molar-refractivity contribution is 7.27. The zero-order valence-corrected chi connectivity index (χ0v) is 8.43. The second-order valence-electron chi connectivity index (χ2n) is 2.99. The first-order valence-corrected chi connectivity index (χ1v) is 4.85. The first-order valence-electron chi connectivity index (χ1n) is 4.27. The molecule has 2 rings (SSSR count). The molecule has 0 aromatic heterocycles. The van der Waals surface area contributed by atoms with Crippen molar-refractivity contribution in [1.29, 1.82) is 0 Å². The van der Waals surface area contributed by atoms with E-state index < -0.39 is 0 Å². The van der Waals surface area contributed by atoms with E-state index in [0.29, 0.717) is 0 Å². The molecule has 0 aliphatic carbocycles. The summed E-state index contributed by atoms with van der Waals surface area (Å²) in [4.78, 5) is 0. The van der Waals surface area contributed by atoms with E-state index in [0.717, 1.165) is 0 Å². The van der Waals surface area contributed by atoms with Crippen LogP contribution in [0, 0.1) is 0 Å². The molecule has 0 fully saturated rings. The van der Waals surface area contributed by atoms with Crippen molar-refractivity contribution in [2.75, 3.05) is 0 Å². The fourth-order valence-corrected chi connectivity index (χ4v) is 1.50. The molecular weight excluding hydrogens is 175 g/mol. The number of hydrogen-bond donors (Lipinski definition) is 0. The van der Waals surface area contributed by atoms with Crippen LogP contribution in [-0.2, 0) is 0 Å².